The van der Waals surface area contributed by atoms with Crippen molar-refractivity contribution in [3.05, 3.63) is 0 Å². The SMILES string of the molecule is COCN(C)C1CCN(C)C1. The van der Waals surface area contributed by atoms with Crippen molar-refractivity contribution < 1.29 is 4.74 Å². The molecule has 1 unspecified atom stereocenters. The first kappa shape index (κ1) is 8.97. The zero-order valence-electron chi connectivity index (χ0n) is 7.71. The number of likely N-dealkylation sites (N-methyl/N-ethyl adjacent to an activating group) is 2. The summed E-state index contributed by atoms with van der Waals surface area (Å²) in [6.07, 6.45) is 1.27. The third kappa shape index (κ3) is 2.43. The number of rotatable bonds is 3. The van der Waals surface area contributed by atoms with Crippen molar-refractivity contribution >= 4 is 0 Å². The van der Waals surface area contributed by atoms with E-state index in [1.807, 2.05) is 0 Å². The molecule has 1 aliphatic heterocycles. The van der Waals surface area contributed by atoms with Crippen LogP contribution in [0.4, 0.5) is 0 Å². The Labute approximate surface area is 68.9 Å². The van der Waals surface area contributed by atoms with Gasteiger partial charge in [0.2, 0.25) is 0 Å². The number of nitrogens with zero attached hydrogens (tertiary/aromatic N) is 2. The van der Waals surface area contributed by atoms with Crippen LogP contribution in [0.2, 0.25) is 0 Å². The van der Waals surface area contributed by atoms with Crippen molar-refractivity contribution in [1.29, 1.82) is 0 Å². The van der Waals surface area contributed by atoms with Gasteiger partial charge in [-0.25, -0.2) is 0 Å². The summed E-state index contributed by atoms with van der Waals surface area (Å²) in [5.74, 6) is 0. The van der Waals surface area contributed by atoms with Gasteiger partial charge in [-0.05, 0) is 27.1 Å². The standard InChI is InChI=1S/C8H18N2O/c1-9-5-4-8(6-9)10(2)7-11-3/h8H,4-7H2,1-3H3. The maximum Gasteiger partial charge on any atom is 0.0986 e. The lowest BCUT2D eigenvalue weighted by molar-refractivity contribution is 0.0558. The van der Waals surface area contributed by atoms with Crippen LogP contribution in [-0.2, 0) is 4.74 Å². The van der Waals surface area contributed by atoms with Crippen LogP contribution >= 0.6 is 0 Å². The highest BCUT2D eigenvalue weighted by molar-refractivity contribution is 4.78. The molecule has 0 aromatic rings. The molecule has 1 rings (SSSR count). The van der Waals surface area contributed by atoms with Crippen LogP contribution in [0.1, 0.15) is 6.42 Å². The van der Waals surface area contributed by atoms with Crippen LogP contribution in [0.5, 0.6) is 0 Å². The molecule has 0 spiro atoms. The molecule has 0 bridgehead atoms. The van der Waals surface area contributed by atoms with Crippen LogP contribution in [0, 0.1) is 0 Å². The topological polar surface area (TPSA) is 15.7 Å². The van der Waals surface area contributed by atoms with Crippen LogP contribution in [0.25, 0.3) is 0 Å². The Morgan fingerprint density at radius 3 is 2.82 bits per heavy atom. The summed E-state index contributed by atoms with van der Waals surface area (Å²) in [5.41, 5.74) is 0. The zero-order valence-corrected chi connectivity index (χ0v) is 7.71. The van der Waals surface area contributed by atoms with Gasteiger partial charge in [-0.3, -0.25) is 4.90 Å². The predicted octanol–water partition coefficient (Wildman–Crippen LogP) is 0.226. The maximum atomic E-state index is 5.06. The Bertz CT molecular complexity index is 119. The molecular formula is C8H18N2O. The lowest BCUT2D eigenvalue weighted by Crippen LogP contribution is -2.35. The molecule has 1 heterocycles. The van der Waals surface area contributed by atoms with Gasteiger partial charge < -0.3 is 9.64 Å². The molecule has 3 heteroatoms. The Hall–Kier alpha value is -0.120. The van der Waals surface area contributed by atoms with Gasteiger partial charge in [0.05, 0.1) is 6.73 Å². The zero-order chi connectivity index (χ0) is 8.27. The van der Waals surface area contributed by atoms with Gasteiger partial charge in [-0.15, -0.1) is 0 Å². The molecule has 1 atom stereocenters. The average Bonchev–Trinajstić information content (AvgIpc) is 2.36. The van der Waals surface area contributed by atoms with E-state index in [2.05, 4.69) is 23.9 Å². The Morgan fingerprint density at radius 2 is 2.36 bits per heavy atom. The quantitative estimate of drug-likeness (QED) is 0.547. The van der Waals surface area contributed by atoms with E-state index in [9.17, 15) is 0 Å². The molecule has 0 radical (unpaired) electrons. The third-order valence-corrected chi connectivity index (χ3v) is 2.32. The van der Waals surface area contributed by atoms with Gasteiger partial charge >= 0.3 is 0 Å². The number of likely N-dealkylation sites (tertiary alicyclic amines) is 1. The maximum absolute atomic E-state index is 5.06. The van der Waals surface area contributed by atoms with E-state index in [0.29, 0.717) is 6.04 Å². The van der Waals surface area contributed by atoms with Crippen molar-refractivity contribution in [1.82, 2.24) is 9.80 Å². The van der Waals surface area contributed by atoms with Crippen molar-refractivity contribution in [2.75, 3.05) is 41.0 Å². The molecule has 66 valence electrons. The van der Waals surface area contributed by atoms with E-state index in [4.69, 9.17) is 4.74 Å². The fraction of sp³-hybridized carbons (Fsp3) is 1.00. The minimum Gasteiger partial charge on any atom is -0.369 e. The summed E-state index contributed by atoms with van der Waals surface area (Å²) in [7, 11) is 6.03. The molecule has 3 nitrogen and oxygen atoms in total. The van der Waals surface area contributed by atoms with Crippen molar-refractivity contribution in [3.8, 4) is 0 Å². The second-order valence-corrected chi connectivity index (χ2v) is 3.38. The van der Waals surface area contributed by atoms with Gasteiger partial charge in [0.1, 0.15) is 0 Å². The Kier molecular flexibility index (Phi) is 3.30. The summed E-state index contributed by atoms with van der Waals surface area (Å²) in [6.45, 7) is 3.15. The highest BCUT2D eigenvalue weighted by Gasteiger charge is 2.22. The molecule has 0 saturated carbocycles. The summed E-state index contributed by atoms with van der Waals surface area (Å²) in [4.78, 5) is 4.63. The molecule has 0 N–H and O–H groups in total. The monoisotopic (exact) mass is 158 g/mol. The van der Waals surface area contributed by atoms with Gasteiger partial charge in [0, 0.05) is 19.7 Å². The molecule has 1 fully saturated rings. The number of ether oxygens (including phenoxy) is 1. The number of methoxy groups -OCH3 is 1. The van der Waals surface area contributed by atoms with Crippen LogP contribution in [0.15, 0.2) is 0 Å². The minimum absolute atomic E-state index is 0.694. The van der Waals surface area contributed by atoms with E-state index in [1.54, 1.807) is 7.11 Å². The predicted molar refractivity (Wildman–Crippen MR) is 45.5 cm³/mol. The number of hydrogen-bond acceptors (Lipinski definition) is 3. The molecule has 0 aliphatic carbocycles. The van der Waals surface area contributed by atoms with Crippen molar-refractivity contribution in [2.24, 2.45) is 0 Å². The smallest absolute Gasteiger partial charge is 0.0986 e. The summed E-state index contributed by atoms with van der Waals surface area (Å²) in [5, 5.41) is 0. The first-order chi connectivity index (χ1) is 5.24. The first-order valence-electron chi connectivity index (χ1n) is 4.11. The van der Waals surface area contributed by atoms with Crippen LogP contribution < -0.4 is 0 Å². The van der Waals surface area contributed by atoms with Gasteiger partial charge in [0.15, 0.2) is 0 Å². The highest BCUT2D eigenvalue weighted by Crippen LogP contribution is 2.11. The fourth-order valence-electron chi connectivity index (χ4n) is 1.58. The van der Waals surface area contributed by atoms with E-state index in [0.717, 1.165) is 6.73 Å². The normalized spacial score (nSPS) is 26.7. The van der Waals surface area contributed by atoms with Gasteiger partial charge in [0.25, 0.3) is 0 Å². The molecule has 1 saturated heterocycles. The largest absolute Gasteiger partial charge is 0.369 e. The lowest BCUT2D eigenvalue weighted by atomic mass is 10.2. The summed E-state index contributed by atoms with van der Waals surface area (Å²) >= 11 is 0. The van der Waals surface area contributed by atoms with Crippen LogP contribution in [0.3, 0.4) is 0 Å². The van der Waals surface area contributed by atoms with Crippen LogP contribution in [-0.4, -0.2) is 56.9 Å². The average molecular weight is 158 g/mol. The molecule has 11 heavy (non-hydrogen) atoms. The second kappa shape index (κ2) is 4.04. The van der Waals surface area contributed by atoms with E-state index in [1.165, 1.54) is 19.5 Å². The van der Waals surface area contributed by atoms with Gasteiger partial charge in [-0.2, -0.15) is 0 Å². The van der Waals surface area contributed by atoms with E-state index >= 15 is 0 Å². The van der Waals surface area contributed by atoms with Gasteiger partial charge in [-0.1, -0.05) is 0 Å². The Balaban J connectivity index is 2.25. The van der Waals surface area contributed by atoms with E-state index in [-0.39, 0.29) is 0 Å². The molecular weight excluding hydrogens is 140 g/mol. The van der Waals surface area contributed by atoms with E-state index < -0.39 is 0 Å². The third-order valence-electron chi connectivity index (χ3n) is 2.32. The molecule has 0 aromatic heterocycles. The highest BCUT2D eigenvalue weighted by atomic mass is 16.5. The molecule has 1 aliphatic rings. The summed E-state index contributed by atoms with van der Waals surface area (Å²) in [6, 6.07) is 0.694. The van der Waals surface area contributed by atoms with Crippen molar-refractivity contribution in [3.63, 3.8) is 0 Å². The lowest BCUT2D eigenvalue weighted by Gasteiger charge is -2.22. The molecule has 0 amide bonds. The Morgan fingerprint density at radius 1 is 1.64 bits per heavy atom. The molecule has 0 aromatic carbocycles. The number of hydrogen-bond donors (Lipinski definition) is 0. The second-order valence-electron chi connectivity index (χ2n) is 3.38. The summed E-state index contributed by atoms with van der Waals surface area (Å²) < 4.78 is 5.06. The first-order valence-corrected chi connectivity index (χ1v) is 4.11. The fourth-order valence-corrected chi connectivity index (χ4v) is 1.58. The van der Waals surface area contributed by atoms with Crippen molar-refractivity contribution in [2.45, 2.75) is 12.5 Å². The minimum atomic E-state index is 0.694.